The van der Waals surface area contributed by atoms with E-state index in [9.17, 15) is 14.4 Å². The molecule has 16 heavy (non-hydrogen) atoms. The number of rotatable bonds is 3. The van der Waals surface area contributed by atoms with Crippen molar-refractivity contribution in [3.63, 3.8) is 0 Å². The van der Waals surface area contributed by atoms with Crippen molar-refractivity contribution in [2.75, 3.05) is 14.2 Å². The molecule has 0 radical (unpaired) electrons. The number of aldehydes is 2. The third kappa shape index (κ3) is 3.29. The van der Waals surface area contributed by atoms with Gasteiger partial charge < -0.3 is 9.84 Å². The van der Waals surface area contributed by atoms with Crippen molar-refractivity contribution in [1.82, 2.24) is 0 Å². The normalized spacial score (nSPS) is 8.44. The summed E-state index contributed by atoms with van der Waals surface area (Å²) in [5, 5.41) is 7.00. The zero-order valence-electron chi connectivity index (χ0n) is 8.97. The van der Waals surface area contributed by atoms with Crippen LogP contribution in [0.25, 0.3) is 0 Å². The lowest BCUT2D eigenvalue weighted by molar-refractivity contribution is 0.0598. The first-order valence-corrected chi connectivity index (χ1v) is 4.30. The maximum absolute atomic E-state index is 11.1. The maximum Gasteiger partial charge on any atom is 0.338 e. The summed E-state index contributed by atoms with van der Waals surface area (Å²) in [5.41, 5.74) is 0.661. The minimum Gasteiger partial charge on any atom is -0.465 e. The van der Waals surface area contributed by atoms with E-state index in [0.717, 1.165) is 7.11 Å². The molecular formula is C11H12O5. The molecule has 1 N–H and O–H groups in total. The van der Waals surface area contributed by atoms with Gasteiger partial charge >= 0.3 is 5.97 Å². The highest BCUT2D eigenvalue weighted by molar-refractivity contribution is 5.99. The highest BCUT2D eigenvalue weighted by Crippen LogP contribution is 2.10. The summed E-state index contributed by atoms with van der Waals surface area (Å²) in [7, 11) is 2.23. The lowest BCUT2D eigenvalue weighted by Gasteiger charge is -2.02. The minimum atomic E-state index is -0.593. The smallest absolute Gasteiger partial charge is 0.338 e. The Labute approximate surface area is 92.7 Å². The van der Waals surface area contributed by atoms with E-state index < -0.39 is 5.97 Å². The Kier molecular flexibility index (Phi) is 6.39. The average molecular weight is 224 g/mol. The highest BCUT2D eigenvalue weighted by atomic mass is 16.5. The second-order valence-corrected chi connectivity index (χ2v) is 2.57. The lowest BCUT2D eigenvalue weighted by atomic mass is 10.1. The van der Waals surface area contributed by atoms with Crippen molar-refractivity contribution < 1.29 is 24.2 Å². The molecule has 0 bridgehead atoms. The van der Waals surface area contributed by atoms with E-state index in [1.54, 1.807) is 0 Å². The summed E-state index contributed by atoms with van der Waals surface area (Å²) in [5.74, 6) is -0.593. The van der Waals surface area contributed by atoms with E-state index in [0.29, 0.717) is 18.1 Å². The Hall–Kier alpha value is -2.01. The van der Waals surface area contributed by atoms with E-state index in [1.807, 2.05) is 0 Å². The first-order chi connectivity index (χ1) is 7.72. The Morgan fingerprint density at radius 3 is 2.31 bits per heavy atom. The van der Waals surface area contributed by atoms with Crippen LogP contribution in [0.2, 0.25) is 0 Å². The molecule has 0 fully saturated rings. The van der Waals surface area contributed by atoms with E-state index >= 15 is 0 Å². The van der Waals surface area contributed by atoms with Crippen molar-refractivity contribution in [2.24, 2.45) is 0 Å². The molecule has 0 saturated carbocycles. The van der Waals surface area contributed by atoms with Crippen molar-refractivity contribution >= 4 is 18.5 Å². The number of hydrogen-bond donors (Lipinski definition) is 1. The standard InChI is InChI=1S/C10H8O4.CH4O/c1-14-10(13)9-3-2-7(5-11)4-8(9)6-12;1-2/h2-6H,1H3;2H,1H3. The van der Waals surface area contributed by atoms with Gasteiger partial charge in [0.05, 0.1) is 12.7 Å². The van der Waals surface area contributed by atoms with Crippen molar-refractivity contribution in [1.29, 1.82) is 0 Å². The highest BCUT2D eigenvalue weighted by Gasteiger charge is 2.11. The predicted octanol–water partition coefficient (Wildman–Crippen LogP) is 0.707. The molecule has 5 nitrogen and oxygen atoms in total. The number of benzene rings is 1. The second kappa shape index (κ2) is 7.30. The molecule has 0 aliphatic rings. The minimum absolute atomic E-state index is 0.154. The van der Waals surface area contributed by atoms with Crippen molar-refractivity contribution in [3.8, 4) is 0 Å². The third-order valence-electron chi connectivity index (χ3n) is 1.74. The number of hydrogen-bond acceptors (Lipinski definition) is 5. The molecule has 0 aliphatic heterocycles. The Morgan fingerprint density at radius 2 is 1.88 bits per heavy atom. The number of aliphatic hydroxyl groups is 1. The molecule has 1 rings (SSSR count). The summed E-state index contributed by atoms with van der Waals surface area (Å²) in [6.45, 7) is 0. The van der Waals surface area contributed by atoms with Gasteiger partial charge in [-0.1, -0.05) is 6.07 Å². The summed E-state index contributed by atoms with van der Waals surface area (Å²) >= 11 is 0. The van der Waals surface area contributed by atoms with E-state index in [4.69, 9.17) is 5.11 Å². The van der Waals surface area contributed by atoms with Gasteiger partial charge in [0.1, 0.15) is 6.29 Å². The van der Waals surface area contributed by atoms with Gasteiger partial charge in [-0.3, -0.25) is 9.59 Å². The van der Waals surface area contributed by atoms with Crippen LogP contribution in [0.1, 0.15) is 31.1 Å². The van der Waals surface area contributed by atoms with Gasteiger partial charge in [-0.2, -0.15) is 0 Å². The fourth-order valence-corrected chi connectivity index (χ4v) is 1.05. The number of carbonyl (C=O) groups excluding carboxylic acids is 3. The zero-order valence-corrected chi connectivity index (χ0v) is 8.97. The summed E-state index contributed by atoms with van der Waals surface area (Å²) < 4.78 is 4.47. The van der Waals surface area contributed by atoms with Gasteiger partial charge in [0.2, 0.25) is 0 Å². The molecule has 0 aliphatic carbocycles. The van der Waals surface area contributed by atoms with Crippen LogP contribution in [0.15, 0.2) is 18.2 Å². The fraction of sp³-hybridized carbons (Fsp3) is 0.182. The molecule has 1 aromatic rings. The molecule has 1 aromatic carbocycles. The van der Waals surface area contributed by atoms with Crippen LogP contribution >= 0.6 is 0 Å². The van der Waals surface area contributed by atoms with Crippen LogP contribution in [0.3, 0.4) is 0 Å². The number of methoxy groups -OCH3 is 1. The maximum atomic E-state index is 11.1. The van der Waals surface area contributed by atoms with Gasteiger partial charge in [0.15, 0.2) is 6.29 Å². The molecule has 0 unspecified atom stereocenters. The van der Waals surface area contributed by atoms with Crippen LogP contribution in [0.4, 0.5) is 0 Å². The molecule has 5 heteroatoms. The molecule has 0 saturated heterocycles. The lowest BCUT2D eigenvalue weighted by Crippen LogP contribution is -2.05. The molecule has 0 spiro atoms. The molecule has 0 aromatic heterocycles. The Morgan fingerprint density at radius 1 is 1.25 bits per heavy atom. The largest absolute Gasteiger partial charge is 0.465 e. The van der Waals surface area contributed by atoms with Crippen LogP contribution in [0.5, 0.6) is 0 Å². The van der Waals surface area contributed by atoms with Crippen LogP contribution in [0, 0.1) is 0 Å². The number of carbonyl (C=O) groups is 3. The number of ether oxygens (including phenoxy) is 1. The van der Waals surface area contributed by atoms with Crippen LogP contribution in [-0.2, 0) is 4.74 Å². The van der Waals surface area contributed by atoms with Crippen molar-refractivity contribution in [2.45, 2.75) is 0 Å². The summed E-state index contributed by atoms with van der Waals surface area (Å²) in [4.78, 5) is 32.1. The quantitative estimate of drug-likeness (QED) is 0.604. The van der Waals surface area contributed by atoms with E-state index in [1.165, 1.54) is 25.3 Å². The molecule has 0 heterocycles. The number of esters is 1. The predicted molar refractivity (Wildman–Crippen MR) is 56.7 cm³/mol. The van der Waals surface area contributed by atoms with Gasteiger partial charge in [0.25, 0.3) is 0 Å². The monoisotopic (exact) mass is 224 g/mol. The average Bonchev–Trinajstić information content (AvgIpc) is 2.39. The third-order valence-corrected chi connectivity index (χ3v) is 1.74. The zero-order chi connectivity index (χ0) is 12.6. The second-order valence-electron chi connectivity index (χ2n) is 2.57. The Balaban J connectivity index is 0.00000106. The van der Waals surface area contributed by atoms with Crippen LogP contribution < -0.4 is 0 Å². The molecule has 0 amide bonds. The van der Waals surface area contributed by atoms with Gasteiger partial charge in [-0.15, -0.1) is 0 Å². The topological polar surface area (TPSA) is 80.7 Å². The first-order valence-electron chi connectivity index (χ1n) is 4.30. The molecular weight excluding hydrogens is 212 g/mol. The Bertz CT molecular complexity index is 384. The number of aliphatic hydroxyl groups excluding tert-OH is 1. The van der Waals surface area contributed by atoms with Crippen LogP contribution in [-0.4, -0.2) is 37.9 Å². The fourth-order valence-electron chi connectivity index (χ4n) is 1.05. The summed E-state index contributed by atoms with van der Waals surface area (Å²) in [6, 6.07) is 4.18. The van der Waals surface area contributed by atoms with Crippen molar-refractivity contribution in [3.05, 3.63) is 34.9 Å². The molecule has 0 atom stereocenters. The SMILES string of the molecule is CO.COC(=O)c1ccc(C=O)cc1C=O. The van der Waals surface area contributed by atoms with E-state index in [2.05, 4.69) is 4.74 Å². The molecule has 86 valence electrons. The van der Waals surface area contributed by atoms with Gasteiger partial charge in [0, 0.05) is 18.2 Å². The van der Waals surface area contributed by atoms with Gasteiger partial charge in [-0.05, 0) is 12.1 Å². The van der Waals surface area contributed by atoms with Gasteiger partial charge in [-0.25, -0.2) is 4.79 Å². The first kappa shape index (κ1) is 14.0. The van der Waals surface area contributed by atoms with E-state index in [-0.39, 0.29) is 11.1 Å². The summed E-state index contributed by atoms with van der Waals surface area (Å²) in [6.07, 6.45) is 1.12.